The molecule has 0 radical (unpaired) electrons. The summed E-state index contributed by atoms with van der Waals surface area (Å²) in [4.78, 5) is 11.7. The molecule has 0 fully saturated rings. The molecule has 0 bridgehead atoms. The van der Waals surface area contributed by atoms with Crippen LogP contribution in [0.5, 0.6) is 5.75 Å². The third kappa shape index (κ3) is 8.08. The fourth-order valence-corrected chi connectivity index (χ4v) is 1.97. The standard InChI is InChI=1S/C19H23BO4/c1-3-15(5-8-17(21)4-2)11-13-20-19(23)24-14-12-16-6-9-18(22)10-7-16/h3-10,20-22H,1-2,11-14H2/b15-5+,17-8+. The number of carbonyl (C=O) groups is 1. The van der Waals surface area contributed by atoms with Gasteiger partial charge >= 0.3 is 0 Å². The highest BCUT2D eigenvalue weighted by Gasteiger charge is 2.06. The van der Waals surface area contributed by atoms with Gasteiger partial charge in [0.15, 0.2) is 0 Å². The number of allylic oxidation sites excluding steroid dienone is 5. The number of ether oxygens (including phenoxy) is 1. The Morgan fingerprint density at radius 3 is 2.50 bits per heavy atom. The molecular weight excluding hydrogens is 303 g/mol. The van der Waals surface area contributed by atoms with Gasteiger partial charge < -0.3 is 14.9 Å². The molecule has 126 valence electrons. The van der Waals surface area contributed by atoms with Gasteiger partial charge in [-0.3, -0.25) is 4.79 Å². The monoisotopic (exact) mass is 326 g/mol. The maximum atomic E-state index is 11.7. The Morgan fingerprint density at radius 1 is 1.17 bits per heavy atom. The fraction of sp³-hybridized carbons (Fsp3) is 0.211. The Kier molecular flexibility index (Phi) is 8.83. The zero-order valence-corrected chi connectivity index (χ0v) is 13.8. The summed E-state index contributed by atoms with van der Waals surface area (Å²) in [6, 6.07) is 6.82. The molecule has 0 saturated heterocycles. The summed E-state index contributed by atoms with van der Waals surface area (Å²) in [7, 11) is 0.331. The summed E-state index contributed by atoms with van der Waals surface area (Å²) in [5.74, 6) is 0.0720. The van der Waals surface area contributed by atoms with Gasteiger partial charge in [-0.2, -0.15) is 0 Å². The summed E-state index contributed by atoms with van der Waals surface area (Å²) in [5, 5.41) is 18.5. The Hall–Kier alpha value is -2.69. The first-order valence-corrected chi connectivity index (χ1v) is 7.83. The van der Waals surface area contributed by atoms with Crippen LogP contribution in [-0.2, 0) is 11.2 Å². The van der Waals surface area contributed by atoms with Gasteiger partial charge in [0.1, 0.15) is 11.5 Å². The fourth-order valence-electron chi connectivity index (χ4n) is 1.97. The van der Waals surface area contributed by atoms with Crippen LogP contribution in [0.15, 0.2) is 73.1 Å². The second-order valence-electron chi connectivity index (χ2n) is 5.23. The number of aliphatic hydroxyl groups excluding tert-OH is 1. The van der Waals surface area contributed by atoms with Gasteiger partial charge in [-0.15, -0.1) is 0 Å². The molecule has 2 N–H and O–H groups in total. The number of phenols is 1. The molecule has 0 aliphatic carbocycles. The van der Waals surface area contributed by atoms with Gasteiger partial charge in [-0.05, 0) is 41.8 Å². The lowest BCUT2D eigenvalue weighted by atomic mass is 9.72. The lowest BCUT2D eigenvalue weighted by Gasteiger charge is -2.05. The highest BCUT2D eigenvalue weighted by molar-refractivity contribution is 6.71. The predicted molar refractivity (Wildman–Crippen MR) is 98.9 cm³/mol. The first-order chi connectivity index (χ1) is 11.5. The van der Waals surface area contributed by atoms with E-state index in [0.717, 1.165) is 11.1 Å². The van der Waals surface area contributed by atoms with Gasteiger partial charge in [0.25, 0.3) is 7.28 Å². The van der Waals surface area contributed by atoms with Crippen LogP contribution < -0.4 is 0 Å². The molecule has 1 aromatic rings. The number of aliphatic hydroxyl groups is 1. The Balaban J connectivity index is 2.26. The number of hydrogen-bond donors (Lipinski definition) is 2. The van der Waals surface area contributed by atoms with Crippen molar-refractivity contribution in [3.05, 3.63) is 78.6 Å². The number of benzene rings is 1. The first kappa shape index (κ1) is 19.4. The second kappa shape index (κ2) is 10.9. The third-order valence-corrected chi connectivity index (χ3v) is 3.38. The molecule has 1 aromatic carbocycles. The molecule has 0 atom stereocenters. The minimum Gasteiger partial charge on any atom is -0.508 e. The van der Waals surface area contributed by atoms with Crippen LogP contribution in [0.4, 0.5) is 4.79 Å². The Morgan fingerprint density at radius 2 is 1.88 bits per heavy atom. The Labute approximate surface area is 143 Å². The maximum Gasteiger partial charge on any atom is 0.260 e. The Bertz CT molecular complexity index is 615. The summed E-state index contributed by atoms with van der Waals surface area (Å²) in [5.41, 5.74) is 1.94. The molecule has 0 unspecified atom stereocenters. The van der Waals surface area contributed by atoms with Crippen molar-refractivity contribution < 1.29 is 19.7 Å². The van der Waals surface area contributed by atoms with Crippen molar-refractivity contribution in [3.63, 3.8) is 0 Å². The van der Waals surface area contributed by atoms with E-state index in [1.807, 2.05) is 0 Å². The highest BCUT2D eigenvalue weighted by Crippen LogP contribution is 2.10. The number of rotatable bonds is 10. The number of phenolic OH excluding ortho intramolecular Hbond substituents is 1. The third-order valence-electron chi connectivity index (χ3n) is 3.38. The zero-order valence-electron chi connectivity index (χ0n) is 13.8. The normalized spacial score (nSPS) is 11.7. The number of aromatic hydroxyl groups is 1. The lowest BCUT2D eigenvalue weighted by Crippen LogP contribution is -2.13. The van der Waals surface area contributed by atoms with Crippen molar-refractivity contribution >= 4 is 13.1 Å². The smallest absolute Gasteiger partial charge is 0.260 e. The molecule has 0 aliphatic heterocycles. The van der Waals surface area contributed by atoms with E-state index in [4.69, 9.17) is 4.74 Å². The van der Waals surface area contributed by atoms with Crippen molar-refractivity contribution in [3.8, 4) is 5.75 Å². The maximum absolute atomic E-state index is 11.7. The van der Waals surface area contributed by atoms with Crippen LogP contribution in [0.1, 0.15) is 12.0 Å². The van der Waals surface area contributed by atoms with Gasteiger partial charge in [0.05, 0.1) is 6.61 Å². The molecule has 0 saturated carbocycles. The average molecular weight is 326 g/mol. The van der Waals surface area contributed by atoms with E-state index >= 15 is 0 Å². The van der Waals surface area contributed by atoms with Crippen molar-refractivity contribution in [2.24, 2.45) is 0 Å². The summed E-state index contributed by atoms with van der Waals surface area (Å²) in [6.07, 6.45) is 8.29. The van der Waals surface area contributed by atoms with Gasteiger partial charge in [0.2, 0.25) is 5.87 Å². The molecule has 5 heteroatoms. The topological polar surface area (TPSA) is 66.8 Å². The summed E-state index contributed by atoms with van der Waals surface area (Å²) in [6.45, 7) is 7.49. The number of hydrogen-bond acceptors (Lipinski definition) is 4. The molecule has 0 heterocycles. The molecule has 1 rings (SSSR count). The van der Waals surface area contributed by atoms with E-state index in [9.17, 15) is 15.0 Å². The van der Waals surface area contributed by atoms with Crippen LogP contribution in [0.2, 0.25) is 6.32 Å². The lowest BCUT2D eigenvalue weighted by molar-refractivity contribution is 0.173. The largest absolute Gasteiger partial charge is 0.508 e. The molecule has 0 spiro atoms. The van der Waals surface area contributed by atoms with Crippen LogP contribution >= 0.6 is 0 Å². The van der Waals surface area contributed by atoms with Crippen LogP contribution in [0, 0.1) is 0 Å². The highest BCUT2D eigenvalue weighted by atomic mass is 16.5. The van der Waals surface area contributed by atoms with E-state index in [1.54, 1.807) is 42.5 Å². The molecular formula is C19H23BO4. The van der Waals surface area contributed by atoms with E-state index in [0.29, 0.717) is 33.0 Å². The van der Waals surface area contributed by atoms with Crippen molar-refractivity contribution in [1.82, 2.24) is 0 Å². The number of carbonyl (C=O) groups excluding carboxylic acids is 1. The van der Waals surface area contributed by atoms with E-state index < -0.39 is 0 Å². The van der Waals surface area contributed by atoms with Gasteiger partial charge in [-0.25, -0.2) is 0 Å². The van der Waals surface area contributed by atoms with E-state index in [2.05, 4.69) is 13.2 Å². The van der Waals surface area contributed by atoms with Gasteiger partial charge in [0, 0.05) is 6.42 Å². The van der Waals surface area contributed by atoms with E-state index in [1.165, 1.54) is 6.08 Å². The first-order valence-electron chi connectivity index (χ1n) is 7.83. The summed E-state index contributed by atoms with van der Waals surface area (Å²) < 4.78 is 5.20. The molecule has 0 amide bonds. The molecule has 24 heavy (non-hydrogen) atoms. The second-order valence-corrected chi connectivity index (χ2v) is 5.23. The molecule has 4 nitrogen and oxygen atoms in total. The SMILES string of the molecule is C=C/C(=C\C=C(\O)C=C)CCBC(=O)OCCc1ccc(O)cc1. The van der Waals surface area contributed by atoms with Gasteiger partial charge in [-0.1, -0.05) is 43.8 Å². The minimum absolute atomic E-state index is 0.0861. The summed E-state index contributed by atoms with van der Waals surface area (Å²) >= 11 is 0. The zero-order chi connectivity index (χ0) is 17.8. The van der Waals surface area contributed by atoms with E-state index in [-0.39, 0.29) is 17.4 Å². The minimum atomic E-state index is -0.235. The molecule has 0 aromatic heterocycles. The van der Waals surface area contributed by atoms with Crippen molar-refractivity contribution in [2.75, 3.05) is 6.61 Å². The van der Waals surface area contributed by atoms with Crippen LogP contribution in [0.3, 0.4) is 0 Å². The van der Waals surface area contributed by atoms with Crippen LogP contribution in [0.25, 0.3) is 0 Å². The van der Waals surface area contributed by atoms with Crippen LogP contribution in [-0.4, -0.2) is 30.0 Å². The van der Waals surface area contributed by atoms with Crippen molar-refractivity contribution in [1.29, 1.82) is 0 Å². The predicted octanol–water partition coefficient (Wildman–Crippen LogP) is 4.06. The average Bonchev–Trinajstić information content (AvgIpc) is 2.59. The quantitative estimate of drug-likeness (QED) is 0.387. The molecule has 0 aliphatic rings. The van der Waals surface area contributed by atoms with Crippen molar-refractivity contribution in [2.45, 2.75) is 19.2 Å².